The second-order valence-electron chi connectivity index (χ2n) is 8.98. The minimum Gasteiger partial charge on any atom is -0.412 e. The predicted molar refractivity (Wildman–Crippen MR) is 162 cm³/mol. The fourth-order valence-corrected chi connectivity index (χ4v) is 5.23. The minimum atomic E-state index is 0. The lowest BCUT2D eigenvalue weighted by atomic mass is 9.96. The Balaban J connectivity index is 0.00000171. The molecule has 4 aromatic rings. The topological polar surface area (TPSA) is 55.8 Å². The molecule has 0 atom stereocenters. The van der Waals surface area contributed by atoms with E-state index in [2.05, 4.69) is 106 Å². The van der Waals surface area contributed by atoms with Gasteiger partial charge in [-0.25, -0.2) is 4.98 Å². The van der Waals surface area contributed by atoms with Crippen LogP contribution in [0, 0.1) is 0 Å². The fraction of sp³-hybridized carbons (Fsp3) is 0.345. The van der Waals surface area contributed by atoms with Gasteiger partial charge in [-0.05, 0) is 36.2 Å². The molecule has 0 spiro atoms. The van der Waals surface area contributed by atoms with Crippen molar-refractivity contribution in [3.8, 4) is 0 Å². The maximum atomic E-state index is 4.83. The second kappa shape index (κ2) is 16.0. The number of nitrogens with zero attached hydrogens (tertiary/aromatic N) is 4. The van der Waals surface area contributed by atoms with Gasteiger partial charge in [0.05, 0.1) is 17.1 Å². The second-order valence-corrected chi connectivity index (χ2v) is 8.98. The van der Waals surface area contributed by atoms with E-state index in [1.54, 1.807) is 0 Å². The Kier molecular flexibility index (Phi) is 14.2. The number of hydrogen-bond acceptors (Lipinski definition) is 3. The average molecular weight is 566 g/mol. The van der Waals surface area contributed by atoms with Gasteiger partial charge in [0.2, 0.25) is 0 Å². The first-order chi connectivity index (χ1) is 16.3. The van der Waals surface area contributed by atoms with Gasteiger partial charge in [0.15, 0.2) is 0 Å². The van der Waals surface area contributed by atoms with Crippen LogP contribution in [0.3, 0.4) is 0 Å². The van der Waals surface area contributed by atoms with Gasteiger partial charge < -0.3 is 14.9 Å². The third kappa shape index (κ3) is 7.70. The number of benzene rings is 3. The van der Waals surface area contributed by atoms with Crippen molar-refractivity contribution in [1.29, 1.82) is 0 Å². The molecule has 0 saturated carbocycles. The molecule has 2 N–H and O–H groups in total. The number of halogens is 3. The lowest BCUT2D eigenvalue weighted by Crippen LogP contribution is -2.48. The number of para-hydroxylation sites is 2. The number of piperazine rings is 1. The summed E-state index contributed by atoms with van der Waals surface area (Å²) in [5.41, 5.74) is 5.16. The van der Waals surface area contributed by atoms with Gasteiger partial charge in [0, 0.05) is 39.1 Å². The fourth-order valence-electron chi connectivity index (χ4n) is 5.23. The lowest BCUT2D eigenvalue weighted by Gasteiger charge is -2.40. The van der Waals surface area contributed by atoms with E-state index in [1.165, 1.54) is 22.5 Å². The van der Waals surface area contributed by atoms with E-state index in [4.69, 9.17) is 4.98 Å². The van der Waals surface area contributed by atoms with E-state index >= 15 is 0 Å². The first kappa shape index (κ1) is 32.9. The predicted octanol–water partition coefficient (Wildman–Crippen LogP) is 5.84. The zero-order valence-corrected chi connectivity index (χ0v) is 23.8. The van der Waals surface area contributed by atoms with Crippen LogP contribution >= 0.6 is 37.2 Å². The third-order valence-corrected chi connectivity index (χ3v) is 6.91. The van der Waals surface area contributed by atoms with Crippen LogP contribution in [0.1, 0.15) is 36.3 Å². The highest BCUT2D eigenvalue weighted by atomic mass is 35.5. The van der Waals surface area contributed by atoms with Crippen LogP contribution in [0.4, 0.5) is 0 Å². The standard InChI is InChI=1S/C29H34N4.3ClH.H2O/c1-2-28-30-26-16-9-10-17-27(26)33(28)19-11-18-31-20-22-32(23-21-31)29(24-12-5-3-6-13-24)25-14-7-4-8-15-25;;;;/h3-10,12-17,29H,2,11,18-23H2,1H3;3*1H;1H2. The van der Waals surface area contributed by atoms with E-state index in [-0.39, 0.29) is 42.7 Å². The molecule has 1 aliphatic rings. The van der Waals surface area contributed by atoms with Crippen molar-refractivity contribution in [3.05, 3.63) is 102 Å². The first-order valence-corrected chi connectivity index (χ1v) is 12.3. The summed E-state index contributed by atoms with van der Waals surface area (Å²) < 4.78 is 2.42. The Hall–Kier alpha value is -2.12. The highest BCUT2D eigenvalue weighted by molar-refractivity contribution is 5.86. The zero-order valence-electron chi connectivity index (χ0n) is 21.3. The molecule has 1 saturated heterocycles. The summed E-state index contributed by atoms with van der Waals surface area (Å²) in [6, 6.07) is 30.8. The molecule has 5 nitrogen and oxygen atoms in total. The maximum Gasteiger partial charge on any atom is 0.109 e. The number of imidazole rings is 1. The number of hydrogen-bond donors (Lipinski definition) is 0. The van der Waals surface area contributed by atoms with Gasteiger partial charge >= 0.3 is 0 Å². The first-order valence-electron chi connectivity index (χ1n) is 12.3. The minimum absolute atomic E-state index is 0. The Bertz CT molecular complexity index is 1130. The van der Waals surface area contributed by atoms with Crippen molar-refractivity contribution in [2.75, 3.05) is 32.7 Å². The van der Waals surface area contributed by atoms with Crippen LogP contribution in [-0.4, -0.2) is 57.6 Å². The monoisotopic (exact) mass is 564 g/mol. The highest BCUT2D eigenvalue weighted by Gasteiger charge is 2.26. The maximum absolute atomic E-state index is 4.83. The summed E-state index contributed by atoms with van der Waals surface area (Å²) in [5.74, 6) is 1.20. The van der Waals surface area contributed by atoms with Crippen molar-refractivity contribution in [3.63, 3.8) is 0 Å². The molecule has 0 radical (unpaired) electrons. The van der Waals surface area contributed by atoms with Crippen LogP contribution in [0.2, 0.25) is 0 Å². The van der Waals surface area contributed by atoms with Crippen LogP contribution in [0.25, 0.3) is 11.0 Å². The van der Waals surface area contributed by atoms with Crippen LogP contribution in [-0.2, 0) is 13.0 Å². The molecule has 1 aromatic heterocycles. The summed E-state index contributed by atoms with van der Waals surface area (Å²) in [7, 11) is 0. The van der Waals surface area contributed by atoms with Crippen molar-refractivity contribution >= 4 is 48.3 Å². The van der Waals surface area contributed by atoms with Gasteiger partial charge in [-0.3, -0.25) is 4.90 Å². The average Bonchev–Trinajstić information content (AvgIpc) is 3.24. The Labute approximate surface area is 239 Å². The molecule has 0 unspecified atom stereocenters. The molecule has 0 amide bonds. The van der Waals surface area contributed by atoms with E-state index in [1.807, 2.05) is 0 Å². The summed E-state index contributed by atoms with van der Waals surface area (Å²) >= 11 is 0. The molecule has 1 fully saturated rings. The van der Waals surface area contributed by atoms with Gasteiger partial charge in [0.25, 0.3) is 0 Å². The molecule has 37 heavy (non-hydrogen) atoms. The quantitative estimate of drug-likeness (QED) is 0.270. The summed E-state index contributed by atoms with van der Waals surface area (Å²) in [5, 5.41) is 0. The zero-order chi connectivity index (χ0) is 22.5. The van der Waals surface area contributed by atoms with Gasteiger partial charge in [-0.1, -0.05) is 79.7 Å². The van der Waals surface area contributed by atoms with E-state index < -0.39 is 0 Å². The number of aryl methyl sites for hydroxylation is 2. The summed E-state index contributed by atoms with van der Waals surface area (Å²) in [6.45, 7) is 8.84. The van der Waals surface area contributed by atoms with Gasteiger partial charge in [0.1, 0.15) is 5.82 Å². The van der Waals surface area contributed by atoms with Gasteiger partial charge in [-0.2, -0.15) is 0 Å². The SMILES string of the molecule is CCc1nc2ccccc2n1CCCN1CCN(C(c2ccccc2)c2ccccc2)CC1.Cl.Cl.Cl.O. The number of rotatable bonds is 8. The molecule has 8 heteroatoms. The van der Waals surface area contributed by atoms with Crippen LogP contribution < -0.4 is 0 Å². The smallest absolute Gasteiger partial charge is 0.109 e. The van der Waals surface area contributed by atoms with Crippen LogP contribution in [0.15, 0.2) is 84.9 Å². The molecule has 202 valence electrons. The van der Waals surface area contributed by atoms with Crippen molar-refractivity contribution in [2.45, 2.75) is 32.4 Å². The number of fused-ring (bicyclic) bond motifs is 1. The molecule has 3 aromatic carbocycles. The number of aromatic nitrogens is 2. The van der Waals surface area contributed by atoms with Crippen molar-refractivity contribution in [1.82, 2.24) is 19.4 Å². The third-order valence-electron chi connectivity index (χ3n) is 6.91. The molecular formula is C29H39Cl3N4O. The van der Waals surface area contributed by atoms with Crippen molar-refractivity contribution in [2.24, 2.45) is 0 Å². The van der Waals surface area contributed by atoms with Crippen molar-refractivity contribution < 1.29 is 5.48 Å². The summed E-state index contributed by atoms with van der Waals surface area (Å²) in [6.07, 6.45) is 2.14. The van der Waals surface area contributed by atoms with E-state index in [0.717, 1.165) is 57.6 Å². The Morgan fingerprint density at radius 2 is 1.24 bits per heavy atom. The lowest BCUT2D eigenvalue weighted by molar-refractivity contribution is 0.108. The van der Waals surface area contributed by atoms with Gasteiger partial charge in [-0.15, -0.1) is 37.2 Å². The molecular weight excluding hydrogens is 527 g/mol. The highest BCUT2D eigenvalue weighted by Crippen LogP contribution is 2.29. The Morgan fingerprint density at radius 1 is 0.703 bits per heavy atom. The molecule has 1 aliphatic heterocycles. The Morgan fingerprint density at radius 3 is 1.81 bits per heavy atom. The largest absolute Gasteiger partial charge is 0.412 e. The molecule has 0 bridgehead atoms. The molecule has 0 aliphatic carbocycles. The normalized spacial score (nSPS) is 13.8. The molecule has 5 rings (SSSR count). The summed E-state index contributed by atoms with van der Waals surface area (Å²) in [4.78, 5) is 10.1. The van der Waals surface area contributed by atoms with E-state index in [9.17, 15) is 0 Å². The van der Waals surface area contributed by atoms with Crippen LogP contribution in [0.5, 0.6) is 0 Å². The van der Waals surface area contributed by atoms with E-state index in [0.29, 0.717) is 6.04 Å². The molecule has 2 heterocycles.